The van der Waals surface area contributed by atoms with E-state index in [0.717, 1.165) is 25.9 Å². The number of nitrogens with zero attached hydrogens (tertiary/aromatic N) is 3. The third-order valence-corrected chi connectivity index (χ3v) is 2.93. The van der Waals surface area contributed by atoms with E-state index in [0.29, 0.717) is 5.96 Å². The van der Waals surface area contributed by atoms with Crippen molar-refractivity contribution in [2.75, 3.05) is 19.6 Å². The highest BCUT2D eigenvalue weighted by Crippen LogP contribution is 2.00. The maximum absolute atomic E-state index is 11.8. The molecule has 0 atom stereocenters. The molecule has 7 nitrogen and oxygen atoms in total. The lowest BCUT2D eigenvalue weighted by Gasteiger charge is -2.20. The Morgan fingerprint density at radius 3 is 2.65 bits per heavy atom. The maximum Gasteiger partial charge on any atom is 0.242 e. The van der Waals surface area contributed by atoms with Crippen molar-refractivity contribution in [1.29, 1.82) is 0 Å². The lowest BCUT2D eigenvalue weighted by Crippen LogP contribution is -2.43. The molecule has 0 saturated carbocycles. The number of hydrogen-bond donors (Lipinski definition) is 3. The van der Waals surface area contributed by atoms with Gasteiger partial charge in [-0.3, -0.25) is 9.48 Å². The van der Waals surface area contributed by atoms with Crippen LogP contribution in [0.15, 0.2) is 17.4 Å². The second kappa shape index (κ2) is 9.17. The molecule has 23 heavy (non-hydrogen) atoms. The van der Waals surface area contributed by atoms with Crippen molar-refractivity contribution >= 4 is 11.9 Å². The normalized spacial score (nSPS) is 12.1. The molecular formula is C16H30N6O. The van der Waals surface area contributed by atoms with Crippen LogP contribution in [0, 0.1) is 0 Å². The van der Waals surface area contributed by atoms with Crippen LogP contribution >= 0.6 is 0 Å². The Morgan fingerprint density at radius 2 is 2.09 bits per heavy atom. The molecule has 0 spiro atoms. The molecular weight excluding hydrogens is 292 g/mol. The Labute approximate surface area is 138 Å². The fraction of sp³-hybridized carbons (Fsp3) is 0.688. The van der Waals surface area contributed by atoms with Crippen molar-refractivity contribution < 1.29 is 4.79 Å². The van der Waals surface area contributed by atoms with Crippen LogP contribution in [0.4, 0.5) is 0 Å². The van der Waals surface area contributed by atoms with Gasteiger partial charge in [0.05, 0.1) is 6.20 Å². The molecule has 0 fully saturated rings. The summed E-state index contributed by atoms with van der Waals surface area (Å²) in [6.07, 6.45) is 5.85. The monoisotopic (exact) mass is 322 g/mol. The van der Waals surface area contributed by atoms with Crippen LogP contribution in [0.2, 0.25) is 0 Å². The Bertz CT molecular complexity index is 515. The summed E-state index contributed by atoms with van der Waals surface area (Å²) in [6.45, 7) is 9.54. The molecule has 1 aromatic rings. The molecule has 1 aromatic heterocycles. The largest absolute Gasteiger partial charge is 0.357 e. The molecule has 0 radical (unpaired) electrons. The first kappa shape index (κ1) is 19.0. The van der Waals surface area contributed by atoms with E-state index in [2.05, 4.69) is 26.0 Å². The highest BCUT2D eigenvalue weighted by atomic mass is 16.2. The van der Waals surface area contributed by atoms with Gasteiger partial charge in [-0.05, 0) is 46.1 Å². The number of carbonyl (C=O) groups is 1. The first-order chi connectivity index (χ1) is 10.8. The zero-order valence-corrected chi connectivity index (χ0v) is 14.9. The van der Waals surface area contributed by atoms with Crippen molar-refractivity contribution in [2.24, 2.45) is 12.0 Å². The third kappa shape index (κ3) is 8.85. The second-order valence-electron chi connectivity index (χ2n) is 6.55. The number of aliphatic imine (C=N–C) groups is 1. The average Bonchev–Trinajstić information content (AvgIpc) is 2.84. The van der Waals surface area contributed by atoms with E-state index >= 15 is 0 Å². The van der Waals surface area contributed by atoms with Gasteiger partial charge in [-0.1, -0.05) is 0 Å². The molecule has 0 saturated heterocycles. The predicted molar refractivity (Wildman–Crippen MR) is 93.4 cm³/mol. The molecule has 3 N–H and O–H groups in total. The zero-order valence-electron chi connectivity index (χ0n) is 14.9. The molecule has 1 amide bonds. The van der Waals surface area contributed by atoms with Crippen molar-refractivity contribution in [3.8, 4) is 0 Å². The summed E-state index contributed by atoms with van der Waals surface area (Å²) in [5.74, 6) is 0.591. The van der Waals surface area contributed by atoms with Crippen molar-refractivity contribution in [3.05, 3.63) is 18.0 Å². The van der Waals surface area contributed by atoms with E-state index in [-0.39, 0.29) is 18.0 Å². The summed E-state index contributed by atoms with van der Waals surface area (Å²) in [5.41, 5.74) is 0.989. The van der Waals surface area contributed by atoms with Gasteiger partial charge in [-0.15, -0.1) is 0 Å². The van der Waals surface area contributed by atoms with Crippen LogP contribution in [0.5, 0.6) is 0 Å². The van der Waals surface area contributed by atoms with E-state index in [1.54, 1.807) is 0 Å². The Balaban J connectivity index is 2.35. The van der Waals surface area contributed by atoms with Gasteiger partial charge in [0.15, 0.2) is 5.96 Å². The van der Waals surface area contributed by atoms with Gasteiger partial charge < -0.3 is 16.0 Å². The first-order valence-corrected chi connectivity index (χ1v) is 8.11. The number of aromatic nitrogens is 2. The minimum absolute atomic E-state index is 0.0786. The number of carbonyl (C=O) groups excluding carboxylic acids is 1. The molecule has 1 rings (SSSR count). The topological polar surface area (TPSA) is 83.3 Å². The number of rotatable bonds is 7. The molecule has 130 valence electrons. The van der Waals surface area contributed by atoms with Gasteiger partial charge in [-0.2, -0.15) is 5.10 Å². The summed E-state index contributed by atoms with van der Waals surface area (Å²) in [5, 5.41) is 13.4. The molecule has 0 bridgehead atoms. The van der Waals surface area contributed by atoms with E-state index in [4.69, 9.17) is 0 Å². The van der Waals surface area contributed by atoms with Gasteiger partial charge in [0, 0.05) is 31.9 Å². The van der Waals surface area contributed by atoms with Crippen LogP contribution in [-0.2, 0) is 18.3 Å². The highest BCUT2D eigenvalue weighted by Gasteiger charge is 2.13. The first-order valence-electron chi connectivity index (χ1n) is 8.11. The van der Waals surface area contributed by atoms with Crippen LogP contribution < -0.4 is 16.0 Å². The molecule has 0 aromatic carbocycles. The van der Waals surface area contributed by atoms with E-state index < -0.39 is 0 Å². The summed E-state index contributed by atoms with van der Waals surface area (Å²) in [4.78, 5) is 16.1. The molecule has 0 aliphatic heterocycles. The fourth-order valence-electron chi connectivity index (χ4n) is 2.05. The summed E-state index contributed by atoms with van der Waals surface area (Å²) < 4.78 is 1.81. The van der Waals surface area contributed by atoms with E-state index in [1.807, 2.05) is 51.8 Å². The zero-order chi connectivity index (χ0) is 17.3. The predicted octanol–water partition coefficient (Wildman–Crippen LogP) is 0.823. The Hall–Kier alpha value is -2.05. The van der Waals surface area contributed by atoms with Crippen LogP contribution in [0.1, 0.15) is 39.7 Å². The minimum atomic E-state index is -0.234. The maximum atomic E-state index is 11.8. The molecule has 0 aliphatic carbocycles. The third-order valence-electron chi connectivity index (χ3n) is 2.93. The van der Waals surface area contributed by atoms with Gasteiger partial charge in [0.1, 0.15) is 6.54 Å². The van der Waals surface area contributed by atoms with Crippen molar-refractivity contribution in [2.45, 2.75) is 46.1 Å². The summed E-state index contributed by atoms with van der Waals surface area (Å²) in [7, 11) is 1.92. The SMILES string of the molecule is CCNC(=NCC(=O)NC(C)(C)C)NCCCc1cnn(C)c1. The molecule has 0 aliphatic rings. The number of amides is 1. The Kier molecular flexibility index (Phi) is 7.57. The van der Waals surface area contributed by atoms with Crippen molar-refractivity contribution in [3.63, 3.8) is 0 Å². The minimum Gasteiger partial charge on any atom is -0.357 e. The number of hydrogen-bond acceptors (Lipinski definition) is 3. The van der Waals surface area contributed by atoms with E-state index in [9.17, 15) is 4.79 Å². The van der Waals surface area contributed by atoms with Gasteiger partial charge in [-0.25, -0.2) is 4.99 Å². The fourth-order valence-corrected chi connectivity index (χ4v) is 2.05. The van der Waals surface area contributed by atoms with Crippen LogP contribution in [-0.4, -0.2) is 46.8 Å². The Morgan fingerprint density at radius 1 is 1.35 bits per heavy atom. The molecule has 1 heterocycles. The van der Waals surface area contributed by atoms with Crippen LogP contribution in [0.25, 0.3) is 0 Å². The summed E-state index contributed by atoms with van der Waals surface area (Å²) in [6, 6.07) is 0. The van der Waals surface area contributed by atoms with Gasteiger partial charge in [0.25, 0.3) is 0 Å². The lowest BCUT2D eigenvalue weighted by molar-refractivity contribution is -0.121. The molecule has 7 heteroatoms. The number of guanidine groups is 1. The quantitative estimate of drug-likeness (QED) is 0.394. The van der Waals surface area contributed by atoms with Crippen molar-refractivity contribution in [1.82, 2.24) is 25.7 Å². The van der Waals surface area contributed by atoms with E-state index in [1.165, 1.54) is 5.56 Å². The standard InChI is InChI=1S/C16H30N6O/c1-6-17-15(19-11-14(23)21-16(2,3)4)18-9-7-8-13-10-20-22(5)12-13/h10,12H,6-9,11H2,1-5H3,(H,21,23)(H2,17,18,19). The smallest absolute Gasteiger partial charge is 0.242 e. The van der Waals surface area contributed by atoms with Gasteiger partial charge in [0.2, 0.25) is 5.91 Å². The molecule has 0 unspecified atom stereocenters. The average molecular weight is 322 g/mol. The van der Waals surface area contributed by atoms with Gasteiger partial charge >= 0.3 is 0 Å². The highest BCUT2D eigenvalue weighted by molar-refractivity contribution is 5.85. The number of nitrogens with one attached hydrogen (secondary N) is 3. The number of aryl methyl sites for hydroxylation is 2. The second-order valence-corrected chi connectivity index (χ2v) is 6.55. The lowest BCUT2D eigenvalue weighted by atomic mass is 10.1. The van der Waals surface area contributed by atoms with Crippen LogP contribution in [0.3, 0.4) is 0 Å². The summed E-state index contributed by atoms with van der Waals surface area (Å²) >= 11 is 0.